The Morgan fingerprint density at radius 1 is 1.37 bits per heavy atom. The van der Waals surface area contributed by atoms with Gasteiger partial charge >= 0.3 is 0 Å². The summed E-state index contributed by atoms with van der Waals surface area (Å²) in [6, 6.07) is 6.93. The summed E-state index contributed by atoms with van der Waals surface area (Å²) in [5.41, 5.74) is 6.73. The second-order valence-electron chi connectivity index (χ2n) is 5.30. The van der Waals surface area contributed by atoms with Crippen molar-refractivity contribution in [3.8, 4) is 0 Å². The van der Waals surface area contributed by atoms with E-state index < -0.39 is 9.84 Å². The highest BCUT2D eigenvalue weighted by atomic mass is 32.2. The van der Waals surface area contributed by atoms with Crippen molar-refractivity contribution in [2.75, 3.05) is 18.2 Å². The summed E-state index contributed by atoms with van der Waals surface area (Å²) in [5.74, 6) is 0.405. The number of fused-ring (bicyclic) bond motifs is 1. The third kappa shape index (κ3) is 2.13. The van der Waals surface area contributed by atoms with Crippen molar-refractivity contribution in [1.82, 2.24) is 0 Å². The van der Waals surface area contributed by atoms with Crippen molar-refractivity contribution < 1.29 is 13.2 Å². The molecule has 4 unspecified atom stereocenters. The number of hydrogen-bond donors (Lipinski definition) is 2. The molecule has 1 aromatic carbocycles. The van der Waals surface area contributed by atoms with Gasteiger partial charge in [0.05, 0.1) is 22.7 Å². The molecule has 1 saturated heterocycles. The Morgan fingerprint density at radius 3 is 2.84 bits per heavy atom. The molecule has 1 aliphatic heterocycles. The molecule has 5 nitrogen and oxygen atoms in total. The monoisotopic (exact) mass is 282 g/mol. The van der Waals surface area contributed by atoms with Gasteiger partial charge in [-0.25, -0.2) is 8.42 Å². The molecule has 0 spiro atoms. The van der Waals surface area contributed by atoms with Crippen LogP contribution in [0.3, 0.4) is 0 Å². The Morgan fingerprint density at radius 2 is 2.11 bits per heavy atom. The number of anilines is 1. The molecular weight excluding hydrogens is 264 g/mol. The van der Waals surface area contributed by atoms with Crippen LogP contribution in [0.1, 0.15) is 6.42 Å². The Hall–Kier alpha value is -1.11. The fourth-order valence-electron chi connectivity index (χ4n) is 3.02. The molecule has 0 amide bonds. The van der Waals surface area contributed by atoms with Gasteiger partial charge in [0.1, 0.15) is 0 Å². The minimum Gasteiger partial charge on any atom is -0.377 e. The van der Waals surface area contributed by atoms with Gasteiger partial charge in [0.15, 0.2) is 9.84 Å². The predicted molar refractivity (Wildman–Crippen MR) is 72.8 cm³/mol. The van der Waals surface area contributed by atoms with Gasteiger partial charge in [0.25, 0.3) is 0 Å². The SMILES string of the molecule is CS(=O)(=O)c1ccccc1NC1C(N)C2CCOC21. The molecule has 0 radical (unpaired) electrons. The zero-order valence-electron chi connectivity index (χ0n) is 10.7. The topological polar surface area (TPSA) is 81.4 Å². The lowest BCUT2D eigenvalue weighted by atomic mass is 9.72. The van der Waals surface area contributed by atoms with Crippen molar-refractivity contribution in [1.29, 1.82) is 0 Å². The van der Waals surface area contributed by atoms with Gasteiger partial charge in [-0.15, -0.1) is 0 Å². The first kappa shape index (κ1) is 12.9. The number of nitrogens with one attached hydrogen (secondary N) is 1. The lowest BCUT2D eigenvalue weighted by molar-refractivity contribution is 0.00529. The van der Waals surface area contributed by atoms with Gasteiger partial charge in [-0.3, -0.25) is 0 Å². The zero-order chi connectivity index (χ0) is 13.6. The summed E-state index contributed by atoms with van der Waals surface area (Å²) in [7, 11) is -3.25. The average molecular weight is 282 g/mol. The summed E-state index contributed by atoms with van der Waals surface area (Å²) in [5, 5.41) is 3.25. The van der Waals surface area contributed by atoms with E-state index in [0.717, 1.165) is 13.0 Å². The van der Waals surface area contributed by atoms with Crippen LogP contribution in [-0.4, -0.2) is 39.5 Å². The number of sulfone groups is 1. The molecule has 1 saturated carbocycles. The maximum atomic E-state index is 11.7. The van der Waals surface area contributed by atoms with Gasteiger partial charge in [0.2, 0.25) is 0 Å². The Balaban J connectivity index is 1.85. The number of para-hydroxylation sites is 1. The molecule has 1 aromatic rings. The number of nitrogens with two attached hydrogens (primary N) is 1. The summed E-state index contributed by atoms with van der Waals surface area (Å²) < 4.78 is 29.1. The van der Waals surface area contributed by atoms with Gasteiger partial charge < -0.3 is 15.8 Å². The maximum Gasteiger partial charge on any atom is 0.177 e. The third-order valence-electron chi connectivity index (χ3n) is 4.06. The molecule has 1 heterocycles. The number of rotatable bonds is 3. The molecular formula is C13H18N2O3S. The van der Waals surface area contributed by atoms with Crippen LogP contribution in [0.2, 0.25) is 0 Å². The lowest BCUT2D eigenvalue weighted by Gasteiger charge is -2.46. The highest BCUT2D eigenvalue weighted by Crippen LogP contribution is 2.40. The van der Waals surface area contributed by atoms with Crippen LogP contribution in [0, 0.1) is 5.92 Å². The van der Waals surface area contributed by atoms with Crippen molar-refractivity contribution in [3.63, 3.8) is 0 Å². The van der Waals surface area contributed by atoms with Crippen LogP contribution >= 0.6 is 0 Å². The Labute approximate surface area is 113 Å². The van der Waals surface area contributed by atoms with E-state index in [4.69, 9.17) is 10.5 Å². The van der Waals surface area contributed by atoms with E-state index in [1.54, 1.807) is 18.2 Å². The first-order chi connectivity index (χ1) is 8.98. The molecule has 0 aromatic heterocycles. The Bertz CT molecular complexity index is 587. The van der Waals surface area contributed by atoms with Crippen LogP contribution in [0.4, 0.5) is 5.69 Å². The average Bonchev–Trinajstić information content (AvgIpc) is 2.80. The fourth-order valence-corrected chi connectivity index (χ4v) is 3.87. The van der Waals surface area contributed by atoms with Crippen LogP contribution in [0.5, 0.6) is 0 Å². The molecule has 0 bridgehead atoms. The number of ether oxygens (including phenoxy) is 1. The van der Waals surface area contributed by atoms with Crippen molar-refractivity contribution in [3.05, 3.63) is 24.3 Å². The Kier molecular flexibility index (Phi) is 3.03. The maximum absolute atomic E-state index is 11.7. The van der Waals surface area contributed by atoms with E-state index >= 15 is 0 Å². The number of benzene rings is 1. The highest BCUT2D eigenvalue weighted by molar-refractivity contribution is 7.90. The third-order valence-corrected chi connectivity index (χ3v) is 5.21. The van der Waals surface area contributed by atoms with Crippen molar-refractivity contribution in [2.45, 2.75) is 29.5 Å². The van der Waals surface area contributed by atoms with Crippen molar-refractivity contribution in [2.24, 2.45) is 11.7 Å². The van der Waals surface area contributed by atoms with E-state index in [9.17, 15) is 8.42 Å². The van der Waals surface area contributed by atoms with Crippen LogP contribution < -0.4 is 11.1 Å². The largest absolute Gasteiger partial charge is 0.377 e. The summed E-state index contributed by atoms with van der Waals surface area (Å²) in [4.78, 5) is 0.309. The molecule has 104 valence electrons. The first-order valence-electron chi connectivity index (χ1n) is 6.41. The standard InChI is InChI=1S/C13H18N2O3S/c1-19(16,17)10-5-3-2-4-9(10)15-12-11(14)8-6-7-18-13(8)12/h2-5,8,11-13,15H,6-7,14H2,1H3. The minimum atomic E-state index is -3.25. The molecule has 2 fully saturated rings. The van der Waals surface area contributed by atoms with E-state index in [2.05, 4.69) is 5.32 Å². The molecule has 3 N–H and O–H groups in total. The normalized spacial score (nSPS) is 33.6. The summed E-state index contributed by atoms with van der Waals surface area (Å²) in [6.07, 6.45) is 2.32. The van der Waals surface area contributed by atoms with Crippen LogP contribution in [-0.2, 0) is 14.6 Å². The summed E-state index contributed by atoms with van der Waals surface area (Å²) in [6.45, 7) is 0.745. The first-order valence-corrected chi connectivity index (χ1v) is 8.30. The minimum absolute atomic E-state index is 0.00426. The molecule has 19 heavy (non-hydrogen) atoms. The zero-order valence-corrected chi connectivity index (χ0v) is 11.6. The number of hydrogen-bond acceptors (Lipinski definition) is 5. The highest BCUT2D eigenvalue weighted by Gasteiger charge is 2.52. The van der Waals surface area contributed by atoms with E-state index in [0.29, 0.717) is 16.5 Å². The molecule has 1 aliphatic carbocycles. The van der Waals surface area contributed by atoms with Crippen LogP contribution in [0.15, 0.2) is 29.2 Å². The lowest BCUT2D eigenvalue weighted by Crippen LogP contribution is -2.65. The second kappa shape index (κ2) is 4.47. The van der Waals surface area contributed by atoms with E-state index in [-0.39, 0.29) is 18.2 Å². The molecule has 6 heteroatoms. The van der Waals surface area contributed by atoms with Crippen LogP contribution in [0.25, 0.3) is 0 Å². The van der Waals surface area contributed by atoms with E-state index in [1.807, 2.05) is 6.07 Å². The molecule has 3 rings (SSSR count). The predicted octanol–water partition coefficient (Wildman–Crippen LogP) is 0.617. The fraction of sp³-hybridized carbons (Fsp3) is 0.538. The summed E-state index contributed by atoms with van der Waals surface area (Å²) >= 11 is 0. The second-order valence-corrected chi connectivity index (χ2v) is 7.29. The van der Waals surface area contributed by atoms with Gasteiger partial charge in [-0.1, -0.05) is 12.1 Å². The smallest absolute Gasteiger partial charge is 0.177 e. The van der Waals surface area contributed by atoms with Crippen molar-refractivity contribution >= 4 is 15.5 Å². The molecule has 4 atom stereocenters. The van der Waals surface area contributed by atoms with Gasteiger partial charge in [-0.05, 0) is 18.6 Å². The quantitative estimate of drug-likeness (QED) is 0.849. The van der Waals surface area contributed by atoms with Gasteiger partial charge in [-0.2, -0.15) is 0 Å². The van der Waals surface area contributed by atoms with Gasteiger partial charge in [0, 0.05) is 24.8 Å². The molecule has 2 aliphatic rings. The van der Waals surface area contributed by atoms with E-state index in [1.165, 1.54) is 6.26 Å².